The smallest absolute Gasteiger partial charge is 0.205 e. The van der Waals surface area contributed by atoms with Gasteiger partial charge in [-0.05, 0) is 35.4 Å². The first kappa shape index (κ1) is 16.4. The Morgan fingerprint density at radius 2 is 1.45 bits per heavy atom. The van der Waals surface area contributed by atoms with Gasteiger partial charge in [-0.1, -0.05) is 78.4 Å². The van der Waals surface area contributed by atoms with Crippen molar-refractivity contribution in [1.82, 2.24) is 4.57 Å². The number of aryl methyl sites for hydroxylation is 2. The maximum Gasteiger partial charge on any atom is 0.205 e. The molecule has 1 aromatic heterocycles. The number of benzene rings is 4. The number of hydrogen-bond acceptors (Lipinski definition) is 1. The predicted molar refractivity (Wildman–Crippen MR) is 119 cm³/mol. The molecule has 0 saturated heterocycles. The molecule has 0 radical (unpaired) electrons. The molecule has 6 rings (SSSR count). The van der Waals surface area contributed by atoms with E-state index in [0.29, 0.717) is 0 Å². The lowest BCUT2D eigenvalue weighted by molar-refractivity contribution is 0.422. The van der Waals surface area contributed by atoms with Gasteiger partial charge in [0.05, 0.1) is 5.52 Å². The van der Waals surface area contributed by atoms with Gasteiger partial charge in [0, 0.05) is 29.5 Å². The minimum Gasteiger partial charge on any atom is -0.440 e. The second-order valence-electron chi connectivity index (χ2n) is 7.94. The van der Waals surface area contributed by atoms with Crippen molar-refractivity contribution in [3.63, 3.8) is 0 Å². The van der Waals surface area contributed by atoms with Gasteiger partial charge in [-0.3, -0.25) is 0 Å². The molecule has 1 aliphatic rings. The van der Waals surface area contributed by atoms with Gasteiger partial charge in [-0.2, -0.15) is 0 Å². The van der Waals surface area contributed by atoms with Crippen LogP contribution in [0.3, 0.4) is 0 Å². The SMILES string of the molecule is Cc1ccc(C2c3c(ccc4ccccc34)Oc3c2c2ccccc2n3C)cc1. The van der Waals surface area contributed by atoms with E-state index in [1.165, 1.54) is 43.9 Å². The van der Waals surface area contributed by atoms with Gasteiger partial charge in [0.25, 0.3) is 0 Å². The second-order valence-corrected chi connectivity index (χ2v) is 7.94. The van der Waals surface area contributed by atoms with Crippen LogP contribution in [0.15, 0.2) is 84.9 Å². The van der Waals surface area contributed by atoms with E-state index in [1.54, 1.807) is 0 Å². The maximum absolute atomic E-state index is 6.54. The molecule has 1 atom stereocenters. The van der Waals surface area contributed by atoms with Crippen molar-refractivity contribution in [3.05, 3.63) is 107 Å². The number of fused-ring (bicyclic) bond motifs is 6. The number of ether oxygens (including phenoxy) is 1. The Labute approximate surface area is 170 Å². The molecule has 1 unspecified atom stereocenters. The van der Waals surface area contributed by atoms with Gasteiger partial charge in [0.15, 0.2) is 0 Å². The Hall–Kier alpha value is -3.52. The molecule has 0 bridgehead atoms. The number of aromatic nitrogens is 1. The number of rotatable bonds is 1. The van der Waals surface area contributed by atoms with Gasteiger partial charge in [-0.15, -0.1) is 0 Å². The third-order valence-electron chi connectivity index (χ3n) is 6.22. The molecule has 0 spiro atoms. The van der Waals surface area contributed by atoms with E-state index in [0.717, 1.165) is 11.6 Å². The molecule has 2 nitrogen and oxygen atoms in total. The largest absolute Gasteiger partial charge is 0.440 e. The monoisotopic (exact) mass is 375 g/mol. The predicted octanol–water partition coefficient (Wildman–Crippen LogP) is 6.93. The Kier molecular flexibility index (Phi) is 3.39. The average Bonchev–Trinajstić information content (AvgIpc) is 3.05. The van der Waals surface area contributed by atoms with Gasteiger partial charge >= 0.3 is 0 Å². The summed E-state index contributed by atoms with van der Waals surface area (Å²) in [4.78, 5) is 0. The fourth-order valence-corrected chi connectivity index (χ4v) is 4.80. The highest BCUT2D eigenvalue weighted by molar-refractivity contribution is 5.94. The fourth-order valence-electron chi connectivity index (χ4n) is 4.80. The van der Waals surface area contributed by atoms with E-state index < -0.39 is 0 Å². The van der Waals surface area contributed by atoms with Gasteiger partial charge in [0.1, 0.15) is 5.75 Å². The van der Waals surface area contributed by atoms with Crippen molar-refractivity contribution in [2.75, 3.05) is 0 Å². The van der Waals surface area contributed by atoms with Crippen LogP contribution in [0.25, 0.3) is 21.7 Å². The van der Waals surface area contributed by atoms with E-state index >= 15 is 0 Å². The molecule has 0 amide bonds. The lowest BCUT2D eigenvalue weighted by atomic mass is 9.80. The van der Waals surface area contributed by atoms with Crippen LogP contribution in [0.2, 0.25) is 0 Å². The molecular weight excluding hydrogens is 354 g/mol. The molecule has 2 heteroatoms. The lowest BCUT2D eigenvalue weighted by Crippen LogP contribution is -2.12. The zero-order valence-electron chi connectivity index (χ0n) is 16.5. The van der Waals surface area contributed by atoms with Gasteiger partial charge in [-0.25, -0.2) is 0 Å². The van der Waals surface area contributed by atoms with Crippen LogP contribution >= 0.6 is 0 Å². The molecule has 29 heavy (non-hydrogen) atoms. The van der Waals surface area contributed by atoms with E-state index in [2.05, 4.69) is 103 Å². The Morgan fingerprint density at radius 1 is 0.724 bits per heavy atom. The molecule has 0 N–H and O–H groups in total. The summed E-state index contributed by atoms with van der Waals surface area (Å²) >= 11 is 0. The minimum atomic E-state index is 0.131. The van der Waals surface area contributed by atoms with Gasteiger partial charge < -0.3 is 9.30 Å². The first-order valence-electron chi connectivity index (χ1n) is 10.1. The summed E-state index contributed by atoms with van der Waals surface area (Å²) in [6.45, 7) is 2.14. The molecule has 1 aliphatic heterocycles. The summed E-state index contributed by atoms with van der Waals surface area (Å²) < 4.78 is 8.72. The quantitative estimate of drug-likeness (QED) is 0.304. The molecule has 140 valence electrons. The van der Waals surface area contributed by atoms with Crippen molar-refractivity contribution in [3.8, 4) is 11.6 Å². The molecule has 0 fully saturated rings. The molecular formula is C27H21NO. The highest BCUT2D eigenvalue weighted by Crippen LogP contribution is 2.53. The first-order chi connectivity index (χ1) is 14.2. The van der Waals surface area contributed by atoms with Gasteiger partial charge in [0.2, 0.25) is 5.88 Å². The third-order valence-corrected chi connectivity index (χ3v) is 6.22. The number of hydrogen-bond donors (Lipinski definition) is 0. The molecule has 0 aliphatic carbocycles. The van der Waals surface area contributed by atoms with E-state index in [9.17, 15) is 0 Å². The summed E-state index contributed by atoms with van der Waals surface area (Å²) in [5.74, 6) is 2.03. The second kappa shape index (κ2) is 5.99. The van der Waals surface area contributed by atoms with Crippen LogP contribution in [0.1, 0.15) is 28.2 Å². The summed E-state index contributed by atoms with van der Waals surface area (Å²) in [6, 6.07) is 30.5. The summed E-state index contributed by atoms with van der Waals surface area (Å²) in [6.07, 6.45) is 0. The number of nitrogens with zero attached hydrogens (tertiary/aromatic N) is 1. The van der Waals surface area contributed by atoms with Crippen LogP contribution in [0.5, 0.6) is 11.6 Å². The highest BCUT2D eigenvalue weighted by Gasteiger charge is 2.34. The molecule has 2 heterocycles. The van der Waals surface area contributed by atoms with Crippen molar-refractivity contribution in [2.24, 2.45) is 7.05 Å². The standard InChI is InChI=1S/C27H21NO/c1-17-11-13-19(14-12-17)24-25-20-8-4-3-7-18(20)15-16-23(25)29-27-26(24)21-9-5-6-10-22(21)28(27)2/h3-16,24H,1-2H3. The zero-order chi connectivity index (χ0) is 19.5. The summed E-state index contributed by atoms with van der Waals surface area (Å²) in [7, 11) is 2.10. The summed E-state index contributed by atoms with van der Waals surface area (Å²) in [5.41, 5.74) is 6.30. The van der Waals surface area contributed by atoms with Crippen molar-refractivity contribution < 1.29 is 4.74 Å². The Morgan fingerprint density at radius 3 is 2.28 bits per heavy atom. The van der Waals surface area contributed by atoms with Crippen LogP contribution < -0.4 is 4.74 Å². The Bertz CT molecular complexity index is 1390. The molecule has 4 aromatic carbocycles. The fraction of sp³-hybridized carbons (Fsp3) is 0.111. The van der Waals surface area contributed by atoms with Crippen molar-refractivity contribution in [1.29, 1.82) is 0 Å². The molecule has 5 aromatic rings. The van der Waals surface area contributed by atoms with E-state index in [-0.39, 0.29) is 5.92 Å². The first-order valence-corrected chi connectivity index (χ1v) is 10.1. The highest BCUT2D eigenvalue weighted by atomic mass is 16.5. The van der Waals surface area contributed by atoms with Crippen LogP contribution in [-0.4, -0.2) is 4.57 Å². The van der Waals surface area contributed by atoms with Crippen molar-refractivity contribution >= 4 is 21.7 Å². The topological polar surface area (TPSA) is 14.2 Å². The van der Waals surface area contributed by atoms with E-state index in [1.807, 2.05) is 0 Å². The van der Waals surface area contributed by atoms with Crippen LogP contribution in [0, 0.1) is 6.92 Å². The zero-order valence-corrected chi connectivity index (χ0v) is 16.5. The Balaban J connectivity index is 1.76. The third kappa shape index (κ3) is 2.29. The van der Waals surface area contributed by atoms with E-state index in [4.69, 9.17) is 4.74 Å². The summed E-state index contributed by atoms with van der Waals surface area (Å²) in [5, 5.41) is 3.76. The minimum absolute atomic E-state index is 0.131. The molecule has 0 saturated carbocycles. The van der Waals surface area contributed by atoms with Crippen LogP contribution in [0.4, 0.5) is 0 Å². The van der Waals surface area contributed by atoms with Crippen molar-refractivity contribution in [2.45, 2.75) is 12.8 Å². The average molecular weight is 375 g/mol. The maximum atomic E-state index is 6.54. The number of para-hydroxylation sites is 1. The van der Waals surface area contributed by atoms with Crippen LogP contribution in [-0.2, 0) is 7.05 Å². The normalized spacial score (nSPS) is 15.2. The lowest BCUT2D eigenvalue weighted by Gasteiger charge is -2.29.